The first kappa shape index (κ1) is 15.2. The third kappa shape index (κ3) is 3.72. The second-order valence-corrected chi connectivity index (χ2v) is 5.91. The molecule has 0 fully saturated rings. The Hall–Kier alpha value is -2.75. The first-order valence-corrected chi connectivity index (χ1v) is 7.82. The van der Waals surface area contributed by atoms with Crippen molar-refractivity contribution < 1.29 is 0 Å². The van der Waals surface area contributed by atoms with E-state index in [1.165, 1.54) is 0 Å². The van der Waals surface area contributed by atoms with Gasteiger partial charge in [-0.05, 0) is 17.9 Å². The minimum absolute atomic E-state index is 0.523. The van der Waals surface area contributed by atoms with Crippen molar-refractivity contribution in [3.05, 3.63) is 66.4 Å². The Labute approximate surface area is 136 Å². The maximum absolute atomic E-state index is 4.62. The summed E-state index contributed by atoms with van der Waals surface area (Å²) in [4.78, 5) is 0. The number of hydrogen-bond donors (Lipinski definition) is 1. The summed E-state index contributed by atoms with van der Waals surface area (Å²) in [7, 11) is 0. The van der Waals surface area contributed by atoms with E-state index in [0.29, 0.717) is 11.7 Å². The summed E-state index contributed by atoms with van der Waals surface area (Å²) in [5.41, 5.74) is 5.26. The monoisotopic (exact) mass is 304 g/mol. The van der Waals surface area contributed by atoms with E-state index in [1.54, 1.807) is 6.20 Å². The predicted octanol–water partition coefficient (Wildman–Crippen LogP) is 4.49. The molecule has 3 aromatic rings. The fourth-order valence-electron chi connectivity index (χ4n) is 2.48. The van der Waals surface area contributed by atoms with E-state index < -0.39 is 0 Å². The molecule has 0 unspecified atom stereocenters. The molecule has 4 heteroatoms. The second-order valence-electron chi connectivity index (χ2n) is 5.91. The van der Waals surface area contributed by atoms with Gasteiger partial charge in [-0.2, -0.15) is 10.2 Å². The molecule has 0 amide bonds. The van der Waals surface area contributed by atoms with Crippen LogP contribution in [0.1, 0.15) is 25.8 Å². The van der Waals surface area contributed by atoms with Crippen LogP contribution < -0.4 is 5.43 Å². The third-order valence-corrected chi connectivity index (χ3v) is 3.58. The van der Waals surface area contributed by atoms with Gasteiger partial charge in [-0.25, -0.2) is 0 Å². The van der Waals surface area contributed by atoms with Gasteiger partial charge >= 0.3 is 0 Å². The Morgan fingerprint density at radius 3 is 2.57 bits per heavy atom. The summed E-state index contributed by atoms with van der Waals surface area (Å²) in [6, 6.07) is 18.3. The number of anilines is 1. The summed E-state index contributed by atoms with van der Waals surface area (Å²) >= 11 is 0. The molecule has 0 atom stereocenters. The zero-order valence-electron chi connectivity index (χ0n) is 13.4. The number of nitrogens with one attached hydrogen (secondary N) is 1. The van der Waals surface area contributed by atoms with Gasteiger partial charge in [-0.1, -0.05) is 68.4 Å². The van der Waals surface area contributed by atoms with E-state index in [0.717, 1.165) is 28.5 Å². The molecule has 0 saturated heterocycles. The summed E-state index contributed by atoms with van der Waals surface area (Å²) in [6.45, 7) is 4.38. The van der Waals surface area contributed by atoms with Crippen molar-refractivity contribution >= 4 is 22.3 Å². The normalized spacial score (nSPS) is 11.9. The molecule has 0 aliphatic carbocycles. The average molecular weight is 304 g/mol. The summed E-state index contributed by atoms with van der Waals surface area (Å²) < 4.78 is 0. The van der Waals surface area contributed by atoms with Crippen molar-refractivity contribution in [1.82, 2.24) is 10.2 Å². The van der Waals surface area contributed by atoms with Crippen molar-refractivity contribution in [3.63, 3.8) is 0 Å². The Morgan fingerprint density at radius 2 is 1.78 bits per heavy atom. The van der Waals surface area contributed by atoms with Crippen molar-refractivity contribution in [2.75, 3.05) is 5.43 Å². The van der Waals surface area contributed by atoms with Crippen LogP contribution in [0.4, 0.5) is 5.82 Å². The molecular weight excluding hydrogens is 284 g/mol. The lowest BCUT2D eigenvalue weighted by Gasteiger charge is -2.10. The van der Waals surface area contributed by atoms with Gasteiger partial charge in [-0.3, -0.25) is 5.43 Å². The highest BCUT2D eigenvalue weighted by molar-refractivity contribution is 6.01. The van der Waals surface area contributed by atoms with Crippen molar-refractivity contribution in [2.45, 2.75) is 20.3 Å². The minimum Gasteiger partial charge on any atom is -0.259 e. The maximum Gasteiger partial charge on any atom is 0.176 e. The minimum atomic E-state index is 0.523. The number of aromatic nitrogens is 2. The van der Waals surface area contributed by atoms with Crippen LogP contribution in [-0.4, -0.2) is 15.9 Å². The van der Waals surface area contributed by atoms with Gasteiger partial charge in [0, 0.05) is 10.8 Å². The molecule has 3 rings (SSSR count). The molecule has 1 heterocycles. The number of rotatable bonds is 5. The van der Waals surface area contributed by atoms with Gasteiger partial charge in [-0.15, -0.1) is 5.10 Å². The predicted molar refractivity (Wildman–Crippen MR) is 95.6 cm³/mol. The number of benzene rings is 2. The lowest BCUT2D eigenvalue weighted by atomic mass is 10.0. The first-order chi connectivity index (χ1) is 11.2. The van der Waals surface area contributed by atoms with Crippen LogP contribution in [0.3, 0.4) is 0 Å². The lowest BCUT2D eigenvalue weighted by Crippen LogP contribution is -2.08. The van der Waals surface area contributed by atoms with E-state index in [9.17, 15) is 0 Å². The maximum atomic E-state index is 4.62. The van der Waals surface area contributed by atoms with Crippen LogP contribution in [-0.2, 0) is 0 Å². The molecule has 116 valence electrons. The van der Waals surface area contributed by atoms with Gasteiger partial charge in [0.15, 0.2) is 5.82 Å². The SMILES string of the molecule is CC(C)C/C(=N\Nc1nncc2ccccc12)c1ccccc1. The van der Waals surface area contributed by atoms with E-state index in [4.69, 9.17) is 0 Å². The first-order valence-electron chi connectivity index (χ1n) is 7.82. The van der Waals surface area contributed by atoms with E-state index in [-0.39, 0.29) is 0 Å². The van der Waals surface area contributed by atoms with Gasteiger partial charge in [0.1, 0.15) is 0 Å². The molecule has 23 heavy (non-hydrogen) atoms. The molecule has 0 aliphatic rings. The lowest BCUT2D eigenvalue weighted by molar-refractivity contribution is 0.683. The Bertz CT molecular complexity index is 804. The molecule has 0 aliphatic heterocycles. The number of fused-ring (bicyclic) bond motifs is 1. The molecule has 4 nitrogen and oxygen atoms in total. The van der Waals surface area contributed by atoms with Crippen LogP contribution in [0.15, 0.2) is 65.9 Å². The van der Waals surface area contributed by atoms with Crippen LogP contribution in [0.2, 0.25) is 0 Å². The average Bonchev–Trinajstić information content (AvgIpc) is 2.59. The highest BCUT2D eigenvalue weighted by Crippen LogP contribution is 2.20. The number of hydrogen-bond acceptors (Lipinski definition) is 4. The fraction of sp³-hybridized carbons (Fsp3) is 0.211. The number of hydrazone groups is 1. The number of nitrogens with zero attached hydrogens (tertiary/aromatic N) is 3. The van der Waals surface area contributed by atoms with Crippen LogP contribution in [0, 0.1) is 5.92 Å². The van der Waals surface area contributed by atoms with E-state index in [1.807, 2.05) is 42.5 Å². The summed E-state index contributed by atoms with van der Waals surface area (Å²) in [5.74, 6) is 1.20. The van der Waals surface area contributed by atoms with Gasteiger partial charge < -0.3 is 0 Å². The molecule has 1 N–H and O–H groups in total. The summed E-state index contributed by atoms with van der Waals surface area (Å²) in [5, 5.41) is 14.9. The Morgan fingerprint density at radius 1 is 1.04 bits per heavy atom. The van der Waals surface area contributed by atoms with Crippen molar-refractivity contribution in [3.8, 4) is 0 Å². The smallest absolute Gasteiger partial charge is 0.176 e. The van der Waals surface area contributed by atoms with E-state index in [2.05, 4.69) is 46.7 Å². The largest absolute Gasteiger partial charge is 0.259 e. The van der Waals surface area contributed by atoms with Crippen LogP contribution in [0.25, 0.3) is 10.8 Å². The summed E-state index contributed by atoms with van der Waals surface area (Å²) in [6.07, 6.45) is 2.66. The van der Waals surface area contributed by atoms with E-state index >= 15 is 0 Å². The molecule has 0 spiro atoms. The van der Waals surface area contributed by atoms with Gasteiger partial charge in [0.05, 0.1) is 11.9 Å². The molecule has 0 radical (unpaired) electrons. The second kappa shape index (κ2) is 7.01. The fourth-order valence-corrected chi connectivity index (χ4v) is 2.48. The zero-order chi connectivity index (χ0) is 16.1. The molecular formula is C19H20N4. The van der Waals surface area contributed by atoms with Crippen LogP contribution in [0.5, 0.6) is 0 Å². The molecule has 1 aromatic heterocycles. The highest BCUT2D eigenvalue weighted by Gasteiger charge is 2.07. The topological polar surface area (TPSA) is 50.2 Å². The Balaban J connectivity index is 1.93. The third-order valence-electron chi connectivity index (χ3n) is 3.58. The van der Waals surface area contributed by atoms with Crippen molar-refractivity contribution in [1.29, 1.82) is 0 Å². The quantitative estimate of drug-likeness (QED) is 0.558. The van der Waals surface area contributed by atoms with Gasteiger partial charge in [0.25, 0.3) is 0 Å². The standard InChI is InChI=1S/C19H20N4/c1-14(2)12-18(15-8-4-3-5-9-15)21-23-19-17-11-7-6-10-16(17)13-20-22-19/h3-11,13-14H,12H2,1-2H3,(H,22,23)/b21-18+. The Kier molecular flexibility index (Phi) is 4.62. The van der Waals surface area contributed by atoms with Crippen LogP contribution >= 0.6 is 0 Å². The zero-order valence-corrected chi connectivity index (χ0v) is 13.4. The molecule has 0 saturated carbocycles. The molecule has 0 bridgehead atoms. The molecule has 2 aromatic carbocycles. The van der Waals surface area contributed by atoms with Gasteiger partial charge in [0.2, 0.25) is 0 Å². The van der Waals surface area contributed by atoms with Crippen molar-refractivity contribution in [2.24, 2.45) is 11.0 Å². The highest BCUT2D eigenvalue weighted by atomic mass is 15.3.